The smallest absolute Gasteiger partial charge is 0.264 e. The van der Waals surface area contributed by atoms with Crippen molar-refractivity contribution < 1.29 is 13.2 Å². The predicted octanol–water partition coefficient (Wildman–Crippen LogP) is 2.29. The first kappa shape index (κ1) is 19.9. The number of rotatable bonds is 6. The average molecular weight is 375 g/mol. The molecule has 0 aliphatic rings. The van der Waals surface area contributed by atoms with E-state index in [1.54, 1.807) is 38.1 Å². The first-order chi connectivity index (χ1) is 12.1. The Hall–Kier alpha value is -2.38. The molecule has 0 bridgehead atoms. The molecule has 26 heavy (non-hydrogen) atoms. The molecule has 0 saturated carbocycles. The molecule has 0 aromatic heterocycles. The zero-order chi connectivity index (χ0) is 19.5. The van der Waals surface area contributed by atoms with Crippen LogP contribution in [0, 0.1) is 6.92 Å². The van der Waals surface area contributed by atoms with Gasteiger partial charge in [-0.15, -0.1) is 0 Å². The second-order valence-electron chi connectivity index (χ2n) is 6.88. The molecule has 0 heterocycles. The molecule has 0 unspecified atom stereocenters. The lowest BCUT2D eigenvalue weighted by atomic mass is 10.1. The van der Waals surface area contributed by atoms with E-state index in [9.17, 15) is 13.2 Å². The Morgan fingerprint density at radius 1 is 1.15 bits per heavy atom. The third kappa shape index (κ3) is 4.42. The molecule has 140 valence electrons. The minimum Gasteiger partial charge on any atom is -0.346 e. The number of amides is 1. The molecule has 1 amide bonds. The van der Waals surface area contributed by atoms with Crippen LogP contribution in [0.15, 0.2) is 53.4 Å². The summed E-state index contributed by atoms with van der Waals surface area (Å²) in [6.45, 7) is 5.81. The van der Waals surface area contributed by atoms with Crippen LogP contribution in [0.2, 0.25) is 0 Å². The lowest BCUT2D eigenvalue weighted by Gasteiger charge is -2.24. The van der Waals surface area contributed by atoms with Crippen LogP contribution >= 0.6 is 0 Å². The highest BCUT2D eigenvalue weighted by atomic mass is 32.2. The third-order valence-corrected chi connectivity index (χ3v) is 5.90. The molecule has 6 nitrogen and oxygen atoms in total. The van der Waals surface area contributed by atoms with Gasteiger partial charge in [0, 0.05) is 24.7 Å². The highest BCUT2D eigenvalue weighted by molar-refractivity contribution is 7.92. The monoisotopic (exact) mass is 375 g/mol. The van der Waals surface area contributed by atoms with Gasteiger partial charge >= 0.3 is 0 Å². The predicted molar refractivity (Wildman–Crippen MR) is 104 cm³/mol. The molecular weight excluding hydrogens is 350 g/mol. The van der Waals surface area contributed by atoms with Gasteiger partial charge in [0.1, 0.15) is 0 Å². The van der Waals surface area contributed by atoms with Crippen molar-refractivity contribution in [3.8, 4) is 0 Å². The van der Waals surface area contributed by atoms with E-state index in [-0.39, 0.29) is 22.9 Å². The molecule has 0 fully saturated rings. The maximum absolute atomic E-state index is 12.9. The van der Waals surface area contributed by atoms with Crippen molar-refractivity contribution in [3.05, 3.63) is 59.7 Å². The van der Waals surface area contributed by atoms with Gasteiger partial charge in [-0.25, -0.2) is 8.42 Å². The Balaban J connectivity index is 2.33. The molecule has 0 aliphatic heterocycles. The summed E-state index contributed by atoms with van der Waals surface area (Å²) in [6, 6.07) is 13.2. The molecule has 2 rings (SSSR count). The van der Waals surface area contributed by atoms with Gasteiger partial charge in [0.15, 0.2) is 0 Å². The molecule has 0 atom stereocenters. The number of sulfonamides is 1. The van der Waals surface area contributed by atoms with E-state index in [1.165, 1.54) is 23.5 Å². The van der Waals surface area contributed by atoms with Gasteiger partial charge in [-0.3, -0.25) is 9.10 Å². The lowest BCUT2D eigenvalue weighted by molar-refractivity contribution is 0.0915. The van der Waals surface area contributed by atoms with Crippen LogP contribution in [0.5, 0.6) is 0 Å². The summed E-state index contributed by atoms with van der Waals surface area (Å²) in [5.41, 5.74) is 6.91. The van der Waals surface area contributed by atoms with Crippen LogP contribution in [-0.4, -0.2) is 33.5 Å². The Labute approximate surface area is 155 Å². The van der Waals surface area contributed by atoms with Crippen molar-refractivity contribution in [2.45, 2.75) is 31.2 Å². The molecular formula is C19H25N3O3S. The summed E-state index contributed by atoms with van der Waals surface area (Å²) in [7, 11) is -2.29. The second-order valence-corrected chi connectivity index (χ2v) is 8.85. The van der Waals surface area contributed by atoms with Crippen LogP contribution in [0.1, 0.15) is 29.8 Å². The fourth-order valence-electron chi connectivity index (χ4n) is 2.28. The maximum atomic E-state index is 12.9. The number of nitrogens with two attached hydrogens (primary N) is 1. The van der Waals surface area contributed by atoms with E-state index in [2.05, 4.69) is 5.32 Å². The number of carbonyl (C=O) groups is 1. The largest absolute Gasteiger partial charge is 0.346 e. The molecule has 0 radical (unpaired) electrons. The summed E-state index contributed by atoms with van der Waals surface area (Å²) in [4.78, 5) is 12.5. The van der Waals surface area contributed by atoms with E-state index >= 15 is 0 Å². The summed E-state index contributed by atoms with van der Waals surface area (Å²) < 4.78 is 27.0. The van der Waals surface area contributed by atoms with Crippen LogP contribution in [0.4, 0.5) is 5.69 Å². The van der Waals surface area contributed by atoms with Crippen molar-refractivity contribution in [2.75, 3.05) is 17.9 Å². The first-order valence-corrected chi connectivity index (χ1v) is 9.69. The van der Waals surface area contributed by atoms with Crippen LogP contribution < -0.4 is 15.4 Å². The number of nitrogens with zero attached hydrogens (tertiary/aromatic N) is 1. The average Bonchev–Trinajstić information content (AvgIpc) is 2.61. The number of hydrogen-bond acceptors (Lipinski definition) is 4. The van der Waals surface area contributed by atoms with Crippen molar-refractivity contribution >= 4 is 21.6 Å². The zero-order valence-corrected chi connectivity index (χ0v) is 16.3. The van der Waals surface area contributed by atoms with E-state index < -0.39 is 15.6 Å². The Morgan fingerprint density at radius 2 is 1.77 bits per heavy atom. The molecule has 3 N–H and O–H groups in total. The maximum Gasteiger partial charge on any atom is 0.264 e. The van der Waals surface area contributed by atoms with Gasteiger partial charge in [0.05, 0.1) is 10.6 Å². The van der Waals surface area contributed by atoms with E-state index in [0.29, 0.717) is 5.69 Å². The summed E-state index contributed by atoms with van der Waals surface area (Å²) in [5.74, 6) is -0.365. The van der Waals surface area contributed by atoms with Crippen LogP contribution in [0.3, 0.4) is 0 Å². The highest BCUT2D eigenvalue weighted by Crippen LogP contribution is 2.23. The molecule has 0 saturated heterocycles. The van der Waals surface area contributed by atoms with Crippen molar-refractivity contribution in [1.82, 2.24) is 5.32 Å². The minimum atomic E-state index is -3.78. The standard InChI is InChI=1S/C19H25N3O3S/c1-14-8-10-16(11-9-14)22(4)26(24,25)17-7-5-6-15(12-17)18(23)21-19(2,3)13-20/h5-12H,13,20H2,1-4H3,(H,21,23). The van der Waals surface area contributed by atoms with Gasteiger partial charge in [-0.05, 0) is 51.1 Å². The topological polar surface area (TPSA) is 92.5 Å². The van der Waals surface area contributed by atoms with E-state index in [1.807, 2.05) is 19.1 Å². The Bertz CT molecular complexity index is 891. The SMILES string of the molecule is Cc1ccc(N(C)S(=O)(=O)c2cccc(C(=O)NC(C)(C)CN)c2)cc1. The zero-order valence-electron chi connectivity index (χ0n) is 15.5. The molecule has 7 heteroatoms. The van der Waals surface area contributed by atoms with Gasteiger partial charge in [-0.1, -0.05) is 23.8 Å². The second kappa shape index (κ2) is 7.47. The fourth-order valence-corrected chi connectivity index (χ4v) is 3.52. The lowest BCUT2D eigenvalue weighted by Crippen LogP contribution is -2.48. The molecule has 0 spiro atoms. The highest BCUT2D eigenvalue weighted by Gasteiger charge is 2.24. The van der Waals surface area contributed by atoms with Gasteiger partial charge < -0.3 is 11.1 Å². The summed E-state index contributed by atoms with van der Waals surface area (Å²) in [5, 5.41) is 2.80. The molecule has 2 aromatic rings. The molecule has 0 aliphatic carbocycles. The van der Waals surface area contributed by atoms with Crippen LogP contribution in [-0.2, 0) is 10.0 Å². The van der Waals surface area contributed by atoms with Crippen molar-refractivity contribution in [2.24, 2.45) is 5.73 Å². The van der Waals surface area contributed by atoms with Crippen molar-refractivity contribution in [3.63, 3.8) is 0 Å². The first-order valence-electron chi connectivity index (χ1n) is 8.25. The van der Waals surface area contributed by atoms with Crippen LogP contribution in [0.25, 0.3) is 0 Å². The summed E-state index contributed by atoms with van der Waals surface area (Å²) >= 11 is 0. The van der Waals surface area contributed by atoms with E-state index in [0.717, 1.165) is 5.56 Å². The number of hydrogen-bond donors (Lipinski definition) is 2. The van der Waals surface area contributed by atoms with Gasteiger partial charge in [-0.2, -0.15) is 0 Å². The van der Waals surface area contributed by atoms with Crippen molar-refractivity contribution in [1.29, 1.82) is 0 Å². The molecule has 2 aromatic carbocycles. The minimum absolute atomic E-state index is 0.0544. The van der Waals surface area contributed by atoms with Gasteiger partial charge in [0.2, 0.25) is 0 Å². The summed E-state index contributed by atoms with van der Waals surface area (Å²) in [6.07, 6.45) is 0. The Kier molecular flexibility index (Phi) is 5.73. The third-order valence-electron chi connectivity index (χ3n) is 4.11. The van der Waals surface area contributed by atoms with E-state index in [4.69, 9.17) is 5.73 Å². The number of benzene rings is 2. The van der Waals surface area contributed by atoms with Gasteiger partial charge in [0.25, 0.3) is 15.9 Å². The Morgan fingerprint density at radius 3 is 2.35 bits per heavy atom. The fraction of sp³-hybridized carbons (Fsp3) is 0.316. The number of anilines is 1. The number of aryl methyl sites for hydroxylation is 1. The normalized spacial score (nSPS) is 11.9. The quantitative estimate of drug-likeness (QED) is 0.810. The number of carbonyl (C=O) groups excluding carboxylic acids is 1. The number of nitrogens with one attached hydrogen (secondary N) is 1.